The molecule has 21 heavy (non-hydrogen) atoms. The van der Waals surface area contributed by atoms with Gasteiger partial charge in [-0.15, -0.1) is 0 Å². The first kappa shape index (κ1) is 15.8. The molecule has 6 heteroatoms. The van der Waals surface area contributed by atoms with E-state index in [1.165, 1.54) is 13.0 Å². The summed E-state index contributed by atoms with van der Waals surface area (Å²) in [5.74, 6) is 2.43. The Hall–Kier alpha value is -1.56. The lowest BCUT2D eigenvalue weighted by molar-refractivity contribution is 0.392. The van der Waals surface area contributed by atoms with Crippen LogP contribution < -0.4 is 10.6 Å². The molecule has 1 saturated heterocycles. The Morgan fingerprint density at radius 2 is 2.24 bits per heavy atom. The Morgan fingerprint density at radius 3 is 2.81 bits per heavy atom. The molecule has 0 radical (unpaired) electrons. The Bertz CT molecular complexity index is 463. The van der Waals surface area contributed by atoms with Gasteiger partial charge in [0.05, 0.1) is 12.2 Å². The molecular formula is C15H27N5O. The van der Waals surface area contributed by atoms with Crippen molar-refractivity contribution >= 4 is 5.96 Å². The van der Waals surface area contributed by atoms with Crippen LogP contribution in [0.1, 0.15) is 30.4 Å². The van der Waals surface area contributed by atoms with Crippen LogP contribution in [0, 0.1) is 19.8 Å². The first-order valence-electron chi connectivity index (χ1n) is 7.72. The summed E-state index contributed by atoms with van der Waals surface area (Å²) in [6.07, 6.45) is 1.26. The van der Waals surface area contributed by atoms with Crippen molar-refractivity contribution in [2.75, 3.05) is 33.2 Å². The third-order valence-electron chi connectivity index (χ3n) is 3.97. The molecule has 1 aliphatic heterocycles. The molecule has 1 aliphatic rings. The second-order valence-corrected chi connectivity index (χ2v) is 5.80. The van der Waals surface area contributed by atoms with E-state index in [0.29, 0.717) is 12.5 Å². The first-order valence-corrected chi connectivity index (χ1v) is 7.72. The van der Waals surface area contributed by atoms with Crippen molar-refractivity contribution in [3.63, 3.8) is 0 Å². The van der Waals surface area contributed by atoms with Gasteiger partial charge in [0.2, 0.25) is 0 Å². The van der Waals surface area contributed by atoms with Gasteiger partial charge in [0.15, 0.2) is 5.96 Å². The monoisotopic (exact) mass is 293 g/mol. The summed E-state index contributed by atoms with van der Waals surface area (Å²) < 4.78 is 5.18. The van der Waals surface area contributed by atoms with Gasteiger partial charge in [-0.3, -0.25) is 0 Å². The third kappa shape index (κ3) is 4.46. The van der Waals surface area contributed by atoms with Gasteiger partial charge in [0.25, 0.3) is 0 Å². The minimum atomic E-state index is 0.598. The number of hydrogen-bond acceptors (Lipinski definition) is 4. The quantitative estimate of drug-likeness (QED) is 0.633. The summed E-state index contributed by atoms with van der Waals surface area (Å²) in [6.45, 7) is 10.7. The van der Waals surface area contributed by atoms with Crippen LogP contribution in [0.5, 0.6) is 0 Å². The van der Waals surface area contributed by atoms with Gasteiger partial charge in [0.1, 0.15) is 5.76 Å². The molecule has 1 aromatic heterocycles. The molecule has 0 amide bonds. The molecule has 2 N–H and O–H groups in total. The molecule has 0 saturated carbocycles. The van der Waals surface area contributed by atoms with Crippen LogP contribution in [-0.2, 0) is 6.54 Å². The number of aromatic nitrogens is 1. The summed E-state index contributed by atoms with van der Waals surface area (Å²) in [5.41, 5.74) is 2.00. The minimum absolute atomic E-state index is 0.598. The topological polar surface area (TPSA) is 65.7 Å². The summed E-state index contributed by atoms with van der Waals surface area (Å²) in [6, 6.07) is 0. The molecule has 0 aliphatic carbocycles. The van der Waals surface area contributed by atoms with Crippen molar-refractivity contribution < 1.29 is 4.52 Å². The molecule has 1 atom stereocenters. The van der Waals surface area contributed by atoms with Crippen molar-refractivity contribution in [1.82, 2.24) is 20.7 Å². The fraction of sp³-hybridized carbons (Fsp3) is 0.733. The molecular weight excluding hydrogens is 266 g/mol. The predicted octanol–water partition coefficient (Wildman–Crippen LogP) is 1.30. The zero-order valence-electron chi connectivity index (χ0n) is 13.6. The van der Waals surface area contributed by atoms with Gasteiger partial charge in [-0.2, -0.15) is 0 Å². The van der Waals surface area contributed by atoms with Gasteiger partial charge in [-0.1, -0.05) is 5.16 Å². The van der Waals surface area contributed by atoms with Crippen LogP contribution in [0.3, 0.4) is 0 Å². The van der Waals surface area contributed by atoms with E-state index in [9.17, 15) is 0 Å². The molecule has 2 rings (SSSR count). The Morgan fingerprint density at radius 1 is 1.43 bits per heavy atom. The fourth-order valence-corrected chi connectivity index (χ4v) is 2.66. The predicted molar refractivity (Wildman–Crippen MR) is 84.4 cm³/mol. The van der Waals surface area contributed by atoms with Gasteiger partial charge in [0, 0.05) is 25.2 Å². The lowest BCUT2D eigenvalue weighted by atomic mass is 10.1. The van der Waals surface area contributed by atoms with Gasteiger partial charge < -0.3 is 20.1 Å². The highest BCUT2D eigenvalue weighted by Crippen LogP contribution is 2.14. The van der Waals surface area contributed by atoms with E-state index in [-0.39, 0.29) is 0 Å². The second-order valence-electron chi connectivity index (χ2n) is 5.80. The number of nitrogens with one attached hydrogen (secondary N) is 2. The minimum Gasteiger partial charge on any atom is -0.361 e. The van der Waals surface area contributed by atoms with Crippen molar-refractivity contribution in [2.45, 2.75) is 33.7 Å². The van der Waals surface area contributed by atoms with E-state index < -0.39 is 0 Å². The van der Waals surface area contributed by atoms with E-state index in [0.717, 1.165) is 42.6 Å². The van der Waals surface area contributed by atoms with E-state index in [2.05, 4.69) is 39.7 Å². The average molecular weight is 293 g/mol. The summed E-state index contributed by atoms with van der Waals surface area (Å²) in [5, 5.41) is 10.7. The average Bonchev–Trinajstić information content (AvgIpc) is 3.00. The van der Waals surface area contributed by atoms with Crippen LogP contribution in [0.2, 0.25) is 0 Å². The molecule has 0 aromatic carbocycles. The lowest BCUT2D eigenvalue weighted by Gasteiger charge is -2.15. The SMILES string of the molecule is CCNC(=NCc1c(C)noc1C)NCC1CCN(C)C1. The number of guanidine groups is 1. The first-order chi connectivity index (χ1) is 10.1. The van der Waals surface area contributed by atoms with Gasteiger partial charge in [-0.05, 0) is 46.7 Å². The number of aryl methyl sites for hydroxylation is 2. The molecule has 1 fully saturated rings. The molecule has 0 bridgehead atoms. The zero-order chi connectivity index (χ0) is 15.2. The number of hydrogen-bond donors (Lipinski definition) is 2. The van der Waals surface area contributed by atoms with Crippen LogP contribution in [0.25, 0.3) is 0 Å². The maximum Gasteiger partial charge on any atom is 0.191 e. The van der Waals surface area contributed by atoms with Crippen LogP contribution in [-0.4, -0.2) is 49.2 Å². The number of rotatable bonds is 5. The van der Waals surface area contributed by atoms with Crippen LogP contribution in [0.4, 0.5) is 0 Å². The summed E-state index contributed by atoms with van der Waals surface area (Å²) in [4.78, 5) is 7.01. The largest absolute Gasteiger partial charge is 0.361 e. The van der Waals surface area contributed by atoms with Crippen molar-refractivity contribution in [1.29, 1.82) is 0 Å². The normalized spacial score (nSPS) is 20.0. The Labute approximate surface area is 127 Å². The number of nitrogens with zero attached hydrogens (tertiary/aromatic N) is 3. The fourth-order valence-electron chi connectivity index (χ4n) is 2.66. The number of aliphatic imine (C=N–C) groups is 1. The third-order valence-corrected chi connectivity index (χ3v) is 3.97. The molecule has 2 heterocycles. The van der Waals surface area contributed by atoms with E-state index in [4.69, 9.17) is 4.52 Å². The summed E-state index contributed by atoms with van der Waals surface area (Å²) >= 11 is 0. The van der Waals surface area contributed by atoms with Crippen LogP contribution in [0.15, 0.2) is 9.52 Å². The van der Waals surface area contributed by atoms with E-state index in [1.54, 1.807) is 0 Å². The highest BCUT2D eigenvalue weighted by atomic mass is 16.5. The smallest absolute Gasteiger partial charge is 0.191 e. The highest BCUT2D eigenvalue weighted by Gasteiger charge is 2.19. The van der Waals surface area contributed by atoms with Gasteiger partial charge in [-0.25, -0.2) is 4.99 Å². The standard InChI is InChI=1S/C15H27N5O/c1-5-16-15(17-8-13-6-7-20(4)10-13)18-9-14-11(2)19-21-12(14)3/h13H,5-10H2,1-4H3,(H2,16,17,18). The van der Waals surface area contributed by atoms with Crippen molar-refractivity contribution in [2.24, 2.45) is 10.9 Å². The molecule has 118 valence electrons. The van der Waals surface area contributed by atoms with Crippen LogP contribution >= 0.6 is 0 Å². The van der Waals surface area contributed by atoms with Crippen molar-refractivity contribution in [3.05, 3.63) is 17.0 Å². The summed E-state index contributed by atoms with van der Waals surface area (Å²) in [7, 11) is 2.18. The Balaban J connectivity index is 1.90. The maximum atomic E-state index is 5.18. The van der Waals surface area contributed by atoms with Gasteiger partial charge >= 0.3 is 0 Å². The molecule has 1 aromatic rings. The number of likely N-dealkylation sites (tertiary alicyclic amines) is 1. The molecule has 6 nitrogen and oxygen atoms in total. The van der Waals surface area contributed by atoms with Crippen molar-refractivity contribution in [3.8, 4) is 0 Å². The second kappa shape index (κ2) is 7.45. The molecule has 0 spiro atoms. The van der Waals surface area contributed by atoms with E-state index >= 15 is 0 Å². The maximum absolute atomic E-state index is 5.18. The van der Waals surface area contributed by atoms with E-state index in [1.807, 2.05) is 13.8 Å². The highest BCUT2D eigenvalue weighted by molar-refractivity contribution is 5.79. The zero-order valence-corrected chi connectivity index (χ0v) is 13.6. The Kier molecular flexibility index (Phi) is 5.61. The lowest BCUT2D eigenvalue weighted by Crippen LogP contribution is -2.40. The molecule has 1 unspecified atom stereocenters.